The predicted molar refractivity (Wildman–Crippen MR) is 123 cm³/mol. The minimum Gasteiger partial charge on any atom is -0.330 e. The van der Waals surface area contributed by atoms with Crippen LogP contribution in [0.5, 0.6) is 0 Å². The number of halogens is 2. The van der Waals surface area contributed by atoms with E-state index >= 15 is 0 Å². The molecule has 1 N–H and O–H groups in total. The zero-order valence-corrected chi connectivity index (χ0v) is 17.8. The lowest BCUT2D eigenvalue weighted by molar-refractivity contribution is -0.118. The quantitative estimate of drug-likeness (QED) is 0.539. The van der Waals surface area contributed by atoms with Crippen LogP contribution in [-0.4, -0.2) is 24.4 Å². The van der Waals surface area contributed by atoms with Crippen molar-refractivity contribution in [2.45, 2.75) is 24.9 Å². The van der Waals surface area contributed by atoms with Crippen molar-refractivity contribution in [3.05, 3.63) is 113 Å². The molecule has 3 aromatic rings. The topological polar surface area (TPSA) is 32.3 Å². The standard InChI is InChI=1S/C17H13F2NO.C10H13N/c18-14-6-7-16(19)15(9-14)13-8-17(20(10-13)11-21)12-4-2-1-3-5-12;1-2-5-9(6-3-1)10-7-4-8-11-10/h1-9,11,17H,10H2;1-3,5-6,10-11H,4,7-8H2. The molecule has 5 rings (SSSR count). The predicted octanol–water partition coefficient (Wildman–Crippen LogP) is 5.67. The highest BCUT2D eigenvalue weighted by molar-refractivity contribution is 5.74. The number of nitrogens with zero attached hydrogens (tertiary/aromatic N) is 1. The molecular formula is C27H26F2N2O. The molecule has 3 nitrogen and oxygen atoms in total. The van der Waals surface area contributed by atoms with E-state index in [1.807, 2.05) is 36.4 Å². The van der Waals surface area contributed by atoms with Crippen molar-refractivity contribution in [3.63, 3.8) is 0 Å². The first kappa shape index (κ1) is 21.9. The van der Waals surface area contributed by atoms with Crippen molar-refractivity contribution in [3.8, 4) is 0 Å². The normalized spacial score (nSPS) is 19.8. The summed E-state index contributed by atoms with van der Waals surface area (Å²) >= 11 is 0. The van der Waals surface area contributed by atoms with E-state index in [-0.39, 0.29) is 18.2 Å². The van der Waals surface area contributed by atoms with Crippen LogP contribution in [0, 0.1) is 11.6 Å². The van der Waals surface area contributed by atoms with Crippen molar-refractivity contribution in [2.75, 3.05) is 13.1 Å². The zero-order chi connectivity index (χ0) is 22.3. The first-order valence-corrected chi connectivity index (χ1v) is 10.9. The Morgan fingerprint density at radius 1 is 0.906 bits per heavy atom. The van der Waals surface area contributed by atoms with Crippen LogP contribution in [0.2, 0.25) is 0 Å². The molecule has 3 aromatic carbocycles. The van der Waals surface area contributed by atoms with Crippen molar-refractivity contribution in [1.29, 1.82) is 0 Å². The molecular weight excluding hydrogens is 406 g/mol. The SMILES string of the molecule is O=CN1CC(c2cc(F)ccc2F)=CC1c1ccccc1.c1ccc(C2CCCN2)cc1. The number of hydrogen-bond donors (Lipinski definition) is 1. The molecule has 0 spiro atoms. The minimum absolute atomic E-state index is 0.209. The van der Waals surface area contributed by atoms with Crippen molar-refractivity contribution < 1.29 is 13.6 Å². The summed E-state index contributed by atoms with van der Waals surface area (Å²) < 4.78 is 27.2. The summed E-state index contributed by atoms with van der Waals surface area (Å²) in [6.07, 6.45) is 5.16. The molecule has 0 saturated carbocycles. The Bertz CT molecular complexity index is 1060. The number of carbonyl (C=O) groups is 1. The van der Waals surface area contributed by atoms with Gasteiger partial charge in [-0.25, -0.2) is 8.78 Å². The van der Waals surface area contributed by atoms with Crippen LogP contribution in [0.3, 0.4) is 0 Å². The second kappa shape index (κ2) is 10.3. The van der Waals surface area contributed by atoms with Gasteiger partial charge < -0.3 is 10.2 Å². The maximum absolute atomic E-state index is 13.9. The molecule has 1 saturated heterocycles. The number of hydrogen-bond acceptors (Lipinski definition) is 2. The third kappa shape index (κ3) is 5.11. The van der Waals surface area contributed by atoms with E-state index in [1.165, 1.54) is 24.9 Å². The molecule has 164 valence electrons. The van der Waals surface area contributed by atoms with E-state index in [9.17, 15) is 13.6 Å². The molecule has 2 aliphatic heterocycles. The fourth-order valence-electron chi connectivity index (χ4n) is 4.25. The van der Waals surface area contributed by atoms with Crippen LogP contribution in [-0.2, 0) is 4.79 Å². The second-order valence-electron chi connectivity index (χ2n) is 8.01. The van der Waals surface area contributed by atoms with Crippen LogP contribution in [0.4, 0.5) is 8.78 Å². The van der Waals surface area contributed by atoms with Crippen LogP contribution in [0.25, 0.3) is 5.57 Å². The third-order valence-corrected chi connectivity index (χ3v) is 5.88. The molecule has 2 aliphatic rings. The minimum atomic E-state index is -0.492. The highest BCUT2D eigenvalue weighted by atomic mass is 19.1. The third-order valence-electron chi connectivity index (χ3n) is 5.88. The fourth-order valence-corrected chi connectivity index (χ4v) is 4.25. The molecule has 2 unspecified atom stereocenters. The Labute approximate surface area is 187 Å². The molecule has 0 radical (unpaired) electrons. The Morgan fingerprint density at radius 3 is 2.22 bits per heavy atom. The Balaban J connectivity index is 0.000000186. The van der Waals surface area contributed by atoms with Crippen LogP contribution < -0.4 is 5.32 Å². The lowest BCUT2D eigenvalue weighted by Crippen LogP contribution is -2.22. The molecule has 5 heteroatoms. The van der Waals surface area contributed by atoms with Crippen molar-refractivity contribution in [1.82, 2.24) is 10.2 Å². The summed E-state index contributed by atoms with van der Waals surface area (Å²) in [4.78, 5) is 12.8. The van der Waals surface area contributed by atoms with E-state index in [0.717, 1.165) is 30.2 Å². The van der Waals surface area contributed by atoms with Gasteiger partial charge in [0.25, 0.3) is 0 Å². The van der Waals surface area contributed by atoms with Gasteiger partial charge >= 0.3 is 0 Å². The highest BCUT2D eigenvalue weighted by Gasteiger charge is 2.26. The summed E-state index contributed by atoms with van der Waals surface area (Å²) in [6, 6.07) is 23.9. The maximum atomic E-state index is 13.9. The molecule has 1 amide bonds. The van der Waals surface area contributed by atoms with Gasteiger partial charge in [-0.3, -0.25) is 4.79 Å². The summed E-state index contributed by atoms with van der Waals surface area (Å²) in [6.45, 7) is 1.45. The highest BCUT2D eigenvalue weighted by Crippen LogP contribution is 2.34. The van der Waals surface area contributed by atoms with Crippen molar-refractivity contribution in [2.24, 2.45) is 0 Å². The van der Waals surface area contributed by atoms with Gasteiger partial charge in [0.15, 0.2) is 0 Å². The van der Waals surface area contributed by atoms with E-state index in [4.69, 9.17) is 0 Å². The molecule has 1 fully saturated rings. The van der Waals surface area contributed by atoms with Crippen LogP contribution in [0.15, 0.2) is 84.9 Å². The first-order chi connectivity index (χ1) is 15.7. The van der Waals surface area contributed by atoms with E-state index in [2.05, 4.69) is 35.6 Å². The number of rotatable bonds is 4. The number of benzene rings is 3. The van der Waals surface area contributed by atoms with Gasteiger partial charge in [-0.1, -0.05) is 66.7 Å². The molecule has 0 aromatic heterocycles. The van der Waals surface area contributed by atoms with E-state index < -0.39 is 11.6 Å². The van der Waals surface area contributed by atoms with Crippen molar-refractivity contribution >= 4 is 12.0 Å². The van der Waals surface area contributed by atoms with Gasteiger partial charge in [0.05, 0.1) is 6.04 Å². The summed E-state index contributed by atoms with van der Waals surface area (Å²) in [5.74, 6) is -0.977. The number of carbonyl (C=O) groups excluding carboxylic acids is 1. The Hall–Kier alpha value is -3.31. The lowest BCUT2D eigenvalue weighted by Gasteiger charge is -2.19. The lowest BCUT2D eigenvalue weighted by atomic mass is 10.0. The Kier molecular flexibility index (Phi) is 7.07. The van der Waals surface area contributed by atoms with Gasteiger partial charge in [0, 0.05) is 18.2 Å². The largest absolute Gasteiger partial charge is 0.330 e. The average Bonchev–Trinajstić information content (AvgIpc) is 3.53. The van der Waals surface area contributed by atoms with Crippen LogP contribution in [0.1, 0.15) is 41.6 Å². The first-order valence-electron chi connectivity index (χ1n) is 10.9. The monoisotopic (exact) mass is 432 g/mol. The van der Waals surface area contributed by atoms with Gasteiger partial charge in [-0.15, -0.1) is 0 Å². The molecule has 32 heavy (non-hydrogen) atoms. The zero-order valence-electron chi connectivity index (χ0n) is 17.8. The van der Waals surface area contributed by atoms with Gasteiger partial charge in [-0.05, 0) is 54.3 Å². The number of nitrogens with one attached hydrogen (secondary N) is 1. The molecule has 0 aliphatic carbocycles. The second-order valence-corrected chi connectivity index (χ2v) is 8.01. The number of amides is 1. The summed E-state index contributed by atoms with van der Waals surface area (Å²) in [5, 5.41) is 3.47. The summed E-state index contributed by atoms with van der Waals surface area (Å²) in [5.41, 5.74) is 3.20. The Morgan fingerprint density at radius 2 is 1.59 bits per heavy atom. The van der Waals surface area contributed by atoms with Gasteiger partial charge in [0.2, 0.25) is 6.41 Å². The summed E-state index contributed by atoms with van der Waals surface area (Å²) in [7, 11) is 0. The molecule has 2 atom stereocenters. The maximum Gasteiger partial charge on any atom is 0.210 e. The smallest absolute Gasteiger partial charge is 0.210 e. The van der Waals surface area contributed by atoms with Crippen LogP contribution >= 0.6 is 0 Å². The fraction of sp³-hybridized carbons (Fsp3) is 0.222. The molecule has 0 bridgehead atoms. The van der Waals surface area contributed by atoms with E-state index in [1.54, 1.807) is 4.90 Å². The van der Waals surface area contributed by atoms with E-state index in [0.29, 0.717) is 11.6 Å². The molecule has 2 heterocycles. The van der Waals surface area contributed by atoms with Gasteiger partial charge in [-0.2, -0.15) is 0 Å². The van der Waals surface area contributed by atoms with Gasteiger partial charge in [0.1, 0.15) is 11.6 Å². The average molecular weight is 433 g/mol.